The first kappa shape index (κ1) is 13.3. The third-order valence-corrected chi connectivity index (χ3v) is 4.52. The van der Waals surface area contributed by atoms with Crippen LogP contribution in [-0.4, -0.2) is 12.0 Å². The summed E-state index contributed by atoms with van der Waals surface area (Å²) < 4.78 is 0. The third-order valence-electron chi connectivity index (χ3n) is 3.58. The van der Waals surface area contributed by atoms with E-state index < -0.39 is 0 Å². The highest BCUT2D eigenvalue weighted by Gasteiger charge is 2.11. The number of para-hydroxylation sites is 1. The lowest BCUT2D eigenvalue weighted by atomic mass is 10.1. The first-order chi connectivity index (χ1) is 9.86. The number of aromatic nitrogens is 1. The molecule has 102 valence electrons. The Hall–Kier alpha value is -1.71. The summed E-state index contributed by atoms with van der Waals surface area (Å²) >= 11 is 1.82. The number of hydrogen-bond acceptors (Lipinski definition) is 3. The fraction of sp³-hybridized carbons (Fsp3) is 0.235. The molecule has 1 unspecified atom stereocenters. The van der Waals surface area contributed by atoms with Crippen LogP contribution in [0, 0.1) is 0 Å². The van der Waals surface area contributed by atoms with E-state index in [1.54, 1.807) is 0 Å². The van der Waals surface area contributed by atoms with Gasteiger partial charge in [0.25, 0.3) is 0 Å². The minimum Gasteiger partial charge on any atom is -0.312 e. The molecular formula is C17H18N2S. The maximum Gasteiger partial charge on any atom is 0.0706 e. The van der Waals surface area contributed by atoms with E-state index in [-0.39, 0.29) is 0 Å². The van der Waals surface area contributed by atoms with Crippen molar-refractivity contribution in [3.8, 4) is 0 Å². The van der Waals surface area contributed by atoms with Crippen LogP contribution in [0.3, 0.4) is 0 Å². The number of benzene rings is 1. The highest BCUT2D eigenvalue weighted by Crippen LogP contribution is 2.21. The third kappa shape index (κ3) is 2.89. The van der Waals surface area contributed by atoms with Gasteiger partial charge in [-0.1, -0.05) is 30.3 Å². The molecule has 0 aliphatic rings. The molecular weight excluding hydrogens is 264 g/mol. The number of hydrogen-bond donors (Lipinski definition) is 1. The van der Waals surface area contributed by atoms with Crippen LogP contribution in [0.4, 0.5) is 0 Å². The van der Waals surface area contributed by atoms with Crippen molar-refractivity contribution in [3.05, 3.63) is 64.5 Å². The molecule has 1 N–H and O–H groups in total. The van der Waals surface area contributed by atoms with Gasteiger partial charge in [0.1, 0.15) is 0 Å². The number of thiophene rings is 1. The Balaban J connectivity index is 1.79. The van der Waals surface area contributed by atoms with Crippen LogP contribution >= 0.6 is 11.3 Å². The number of fused-ring (bicyclic) bond motifs is 1. The second-order valence-electron chi connectivity index (χ2n) is 4.89. The lowest BCUT2D eigenvalue weighted by Crippen LogP contribution is -2.18. The summed E-state index contributed by atoms with van der Waals surface area (Å²) in [4.78, 5) is 6.22. The minimum absolute atomic E-state index is 0.307. The molecule has 0 bridgehead atoms. The van der Waals surface area contributed by atoms with E-state index in [0.29, 0.717) is 6.04 Å². The van der Waals surface area contributed by atoms with Crippen molar-refractivity contribution in [1.29, 1.82) is 0 Å². The van der Waals surface area contributed by atoms with Crippen LogP contribution in [0.25, 0.3) is 10.9 Å². The molecule has 0 fully saturated rings. The summed E-state index contributed by atoms with van der Waals surface area (Å²) in [5.74, 6) is 0. The van der Waals surface area contributed by atoms with Crippen molar-refractivity contribution in [2.24, 2.45) is 0 Å². The fourth-order valence-corrected chi connectivity index (χ4v) is 3.18. The molecule has 2 aromatic heterocycles. The van der Waals surface area contributed by atoms with Crippen LogP contribution in [0.5, 0.6) is 0 Å². The Morgan fingerprint density at radius 3 is 2.80 bits per heavy atom. The average molecular weight is 282 g/mol. The zero-order valence-corrected chi connectivity index (χ0v) is 12.4. The number of rotatable bonds is 5. The monoisotopic (exact) mass is 282 g/mol. The normalized spacial score (nSPS) is 12.7. The van der Waals surface area contributed by atoms with E-state index >= 15 is 0 Å². The largest absolute Gasteiger partial charge is 0.312 e. The van der Waals surface area contributed by atoms with Gasteiger partial charge in [-0.05, 0) is 43.5 Å². The van der Waals surface area contributed by atoms with Gasteiger partial charge in [0.15, 0.2) is 0 Å². The Morgan fingerprint density at radius 1 is 1.10 bits per heavy atom. The molecule has 2 heterocycles. The predicted molar refractivity (Wildman–Crippen MR) is 86.2 cm³/mol. The standard InChI is InChI=1S/C17H18N2S/c1-18-16(11-9-14-6-4-12-20-14)17-10-8-13-5-2-3-7-15(13)19-17/h2-8,10,12,16,18H,9,11H2,1H3. The Labute approximate surface area is 123 Å². The van der Waals surface area contributed by atoms with Crippen LogP contribution in [0.1, 0.15) is 23.0 Å². The van der Waals surface area contributed by atoms with Gasteiger partial charge in [0, 0.05) is 16.3 Å². The van der Waals surface area contributed by atoms with Gasteiger partial charge in [-0.3, -0.25) is 4.98 Å². The van der Waals surface area contributed by atoms with E-state index in [1.165, 1.54) is 10.3 Å². The van der Waals surface area contributed by atoms with Gasteiger partial charge in [0.05, 0.1) is 11.2 Å². The second-order valence-corrected chi connectivity index (χ2v) is 5.92. The fourth-order valence-electron chi connectivity index (χ4n) is 2.46. The molecule has 3 rings (SSSR count). The highest BCUT2D eigenvalue weighted by molar-refractivity contribution is 7.09. The Bertz CT molecular complexity index is 676. The quantitative estimate of drug-likeness (QED) is 0.759. The molecule has 0 aliphatic heterocycles. The van der Waals surface area contributed by atoms with E-state index in [1.807, 2.05) is 24.5 Å². The predicted octanol–water partition coefficient (Wildman–Crippen LogP) is 4.19. The zero-order chi connectivity index (χ0) is 13.8. The summed E-state index contributed by atoms with van der Waals surface area (Å²) in [6, 6.07) is 17.2. The smallest absolute Gasteiger partial charge is 0.0706 e. The molecule has 3 heteroatoms. The van der Waals surface area contributed by atoms with Gasteiger partial charge in [-0.25, -0.2) is 0 Å². The Morgan fingerprint density at radius 2 is 2.00 bits per heavy atom. The number of pyridine rings is 1. The molecule has 0 saturated carbocycles. The van der Waals surface area contributed by atoms with Gasteiger partial charge in [-0.2, -0.15) is 0 Å². The van der Waals surface area contributed by atoms with Crippen LogP contribution in [0.2, 0.25) is 0 Å². The number of aryl methyl sites for hydroxylation is 1. The lowest BCUT2D eigenvalue weighted by Gasteiger charge is -2.15. The van der Waals surface area contributed by atoms with E-state index in [0.717, 1.165) is 24.1 Å². The van der Waals surface area contributed by atoms with Gasteiger partial charge in [-0.15, -0.1) is 11.3 Å². The van der Waals surface area contributed by atoms with E-state index in [9.17, 15) is 0 Å². The molecule has 3 aromatic rings. The first-order valence-electron chi connectivity index (χ1n) is 6.92. The Kier molecular flexibility index (Phi) is 4.09. The van der Waals surface area contributed by atoms with Crippen LogP contribution in [-0.2, 0) is 6.42 Å². The molecule has 20 heavy (non-hydrogen) atoms. The van der Waals surface area contributed by atoms with Crippen molar-refractivity contribution >= 4 is 22.2 Å². The summed E-state index contributed by atoms with van der Waals surface area (Å²) in [5, 5.41) is 6.72. The lowest BCUT2D eigenvalue weighted by molar-refractivity contribution is 0.539. The molecule has 0 saturated heterocycles. The van der Waals surface area contributed by atoms with Crippen molar-refractivity contribution < 1.29 is 0 Å². The second kappa shape index (κ2) is 6.16. The molecule has 0 aliphatic carbocycles. The number of nitrogens with zero attached hydrogens (tertiary/aromatic N) is 1. The van der Waals surface area contributed by atoms with Crippen LogP contribution in [0.15, 0.2) is 53.9 Å². The SMILES string of the molecule is CNC(CCc1cccs1)c1ccc2ccccc2n1. The molecule has 0 spiro atoms. The molecule has 0 radical (unpaired) electrons. The zero-order valence-electron chi connectivity index (χ0n) is 11.5. The van der Waals surface area contributed by atoms with Crippen molar-refractivity contribution in [1.82, 2.24) is 10.3 Å². The average Bonchev–Trinajstić information content (AvgIpc) is 3.01. The molecule has 1 aromatic carbocycles. The summed E-state index contributed by atoms with van der Waals surface area (Å²) in [7, 11) is 2.01. The molecule has 2 nitrogen and oxygen atoms in total. The number of nitrogens with one attached hydrogen (secondary N) is 1. The molecule has 1 atom stereocenters. The van der Waals surface area contributed by atoms with Crippen molar-refractivity contribution in [3.63, 3.8) is 0 Å². The van der Waals surface area contributed by atoms with Gasteiger partial charge < -0.3 is 5.32 Å². The van der Waals surface area contributed by atoms with Gasteiger partial charge in [0.2, 0.25) is 0 Å². The van der Waals surface area contributed by atoms with Crippen molar-refractivity contribution in [2.75, 3.05) is 7.05 Å². The van der Waals surface area contributed by atoms with Gasteiger partial charge >= 0.3 is 0 Å². The first-order valence-corrected chi connectivity index (χ1v) is 7.80. The molecule has 0 amide bonds. The maximum atomic E-state index is 4.79. The summed E-state index contributed by atoms with van der Waals surface area (Å²) in [6.07, 6.45) is 2.17. The summed E-state index contributed by atoms with van der Waals surface area (Å²) in [5.41, 5.74) is 2.20. The minimum atomic E-state index is 0.307. The van der Waals surface area contributed by atoms with E-state index in [2.05, 4.69) is 53.2 Å². The van der Waals surface area contributed by atoms with Crippen LogP contribution < -0.4 is 5.32 Å². The topological polar surface area (TPSA) is 24.9 Å². The highest BCUT2D eigenvalue weighted by atomic mass is 32.1. The summed E-state index contributed by atoms with van der Waals surface area (Å²) in [6.45, 7) is 0. The van der Waals surface area contributed by atoms with Crippen molar-refractivity contribution in [2.45, 2.75) is 18.9 Å². The van der Waals surface area contributed by atoms with E-state index in [4.69, 9.17) is 4.98 Å². The maximum absolute atomic E-state index is 4.79.